The van der Waals surface area contributed by atoms with Crippen molar-refractivity contribution in [2.75, 3.05) is 0 Å². The Balaban J connectivity index is 2.20. The molecule has 120 valence electrons. The summed E-state index contributed by atoms with van der Waals surface area (Å²) in [6.45, 7) is 1.38. The molecule has 0 spiro atoms. The van der Waals surface area contributed by atoms with Crippen LogP contribution in [0.3, 0.4) is 0 Å². The number of para-hydroxylation sites is 2. The van der Waals surface area contributed by atoms with Crippen molar-refractivity contribution in [3.05, 3.63) is 85.7 Å². The van der Waals surface area contributed by atoms with Gasteiger partial charge in [0.1, 0.15) is 5.52 Å². The first kappa shape index (κ1) is 15.3. The molecule has 2 aromatic carbocycles. The minimum absolute atomic E-state index is 0.0351. The Kier molecular flexibility index (Phi) is 3.57. The van der Waals surface area contributed by atoms with Gasteiger partial charge < -0.3 is 9.94 Å². The van der Waals surface area contributed by atoms with E-state index in [-0.39, 0.29) is 33.7 Å². The number of rotatable bonds is 3. The topological polar surface area (TPSA) is 111 Å². The molecule has 24 heavy (non-hydrogen) atoms. The lowest BCUT2D eigenvalue weighted by Gasteiger charge is -2.15. The standard InChI is InChI=1S/C16H11N3O5/c1-10-15(16(20)11-6-8-12(9-7-11)19(23)24)18(22)14-5-3-2-4-13(14)17(10)21/h2-9H,1H3. The SMILES string of the molecule is Cc1c(C(=O)c2ccc([N+](=O)[O-])cc2)[n+](=O)c2ccccc2n1[O-]. The molecule has 0 radical (unpaired) electrons. The Hall–Kier alpha value is -3.55. The average Bonchev–Trinajstić information content (AvgIpc) is 2.60. The molecule has 8 nitrogen and oxygen atoms in total. The van der Waals surface area contributed by atoms with Gasteiger partial charge in [-0.1, -0.05) is 12.1 Å². The van der Waals surface area contributed by atoms with Crippen molar-refractivity contribution in [3.8, 4) is 0 Å². The molecule has 8 heteroatoms. The Morgan fingerprint density at radius 2 is 1.75 bits per heavy atom. The summed E-state index contributed by atoms with van der Waals surface area (Å²) in [6, 6.07) is 11.0. The van der Waals surface area contributed by atoms with E-state index in [1.165, 1.54) is 43.3 Å². The second-order valence-electron chi connectivity index (χ2n) is 5.14. The van der Waals surface area contributed by atoms with Crippen LogP contribution in [0, 0.1) is 27.2 Å². The van der Waals surface area contributed by atoms with Crippen LogP contribution in [0.15, 0.2) is 48.5 Å². The third kappa shape index (κ3) is 2.30. The molecule has 3 aromatic rings. The van der Waals surface area contributed by atoms with Gasteiger partial charge in [-0.05, 0) is 25.1 Å². The third-order valence-corrected chi connectivity index (χ3v) is 3.73. The number of nitro benzene ring substituents is 1. The van der Waals surface area contributed by atoms with Gasteiger partial charge in [-0.15, -0.1) is 0 Å². The summed E-state index contributed by atoms with van der Waals surface area (Å²) in [7, 11) is 0. The summed E-state index contributed by atoms with van der Waals surface area (Å²) in [6.07, 6.45) is 0. The van der Waals surface area contributed by atoms with Gasteiger partial charge in [-0.25, -0.2) is 0 Å². The van der Waals surface area contributed by atoms with E-state index < -0.39 is 10.7 Å². The van der Waals surface area contributed by atoms with Crippen LogP contribution in [0.4, 0.5) is 5.69 Å². The van der Waals surface area contributed by atoms with Gasteiger partial charge in [-0.2, -0.15) is 0 Å². The molecule has 0 unspecified atom stereocenters. The first-order chi connectivity index (χ1) is 11.4. The van der Waals surface area contributed by atoms with Crippen LogP contribution < -0.4 is 4.43 Å². The van der Waals surface area contributed by atoms with Gasteiger partial charge in [0, 0.05) is 28.7 Å². The number of carbonyl (C=O) groups excluding carboxylic acids is 1. The molecular weight excluding hydrogens is 314 g/mol. The van der Waals surface area contributed by atoms with E-state index in [0.29, 0.717) is 9.16 Å². The highest BCUT2D eigenvalue weighted by atomic mass is 16.6. The fourth-order valence-electron chi connectivity index (χ4n) is 2.48. The predicted molar refractivity (Wildman–Crippen MR) is 85.3 cm³/mol. The normalized spacial score (nSPS) is 10.7. The molecule has 3 rings (SSSR count). The molecule has 0 aliphatic carbocycles. The van der Waals surface area contributed by atoms with E-state index in [0.717, 1.165) is 0 Å². The fraction of sp³-hybridized carbons (Fsp3) is 0.0625. The summed E-state index contributed by atoms with van der Waals surface area (Å²) in [4.78, 5) is 35.2. The highest BCUT2D eigenvalue weighted by Gasteiger charge is 2.28. The summed E-state index contributed by atoms with van der Waals surface area (Å²) in [5.74, 6) is -0.673. The molecule has 0 saturated carbocycles. The van der Waals surface area contributed by atoms with Gasteiger partial charge in [0.25, 0.3) is 17.0 Å². The molecule has 0 atom stereocenters. The summed E-state index contributed by atoms with van der Waals surface area (Å²) in [5, 5.41) is 23.0. The number of fused-ring (bicyclic) bond motifs is 1. The number of non-ortho nitro benzene ring substituents is 1. The van der Waals surface area contributed by atoms with Crippen LogP contribution in [0.5, 0.6) is 0 Å². The van der Waals surface area contributed by atoms with Gasteiger partial charge in [-0.3, -0.25) is 14.9 Å². The molecule has 0 amide bonds. The van der Waals surface area contributed by atoms with Gasteiger partial charge in [0.15, 0.2) is 0 Å². The Morgan fingerprint density at radius 1 is 1.12 bits per heavy atom. The van der Waals surface area contributed by atoms with E-state index >= 15 is 0 Å². The number of nitro groups is 1. The van der Waals surface area contributed by atoms with Crippen molar-refractivity contribution >= 4 is 22.5 Å². The molecule has 0 bridgehead atoms. The highest BCUT2D eigenvalue weighted by Crippen LogP contribution is 2.18. The van der Waals surface area contributed by atoms with E-state index in [9.17, 15) is 25.0 Å². The average molecular weight is 325 g/mol. The number of hydrogen-bond acceptors (Lipinski definition) is 5. The van der Waals surface area contributed by atoms with E-state index in [1.807, 2.05) is 0 Å². The highest BCUT2D eigenvalue weighted by molar-refractivity contribution is 6.07. The lowest BCUT2D eigenvalue weighted by Crippen LogP contribution is -2.30. The summed E-state index contributed by atoms with van der Waals surface area (Å²) < 4.78 is 0.950. The van der Waals surface area contributed by atoms with Crippen molar-refractivity contribution in [1.29, 1.82) is 0 Å². The molecular formula is C16H11N3O5. The fourth-order valence-corrected chi connectivity index (χ4v) is 2.48. The predicted octanol–water partition coefficient (Wildman–Crippen LogP) is 2.35. The van der Waals surface area contributed by atoms with Gasteiger partial charge >= 0.3 is 5.69 Å². The zero-order valence-corrected chi connectivity index (χ0v) is 12.5. The monoisotopic (exact) mass is 325 g/mol. The molecule has 0 aliphatic heterocycles. The van der Waals surface area contributed by atoms with Gasteiger partial charge in [0.2, 0.25) is 0 Å². The zero-order chi connectivity index (χ0) is 17.4. The maximum Gasteiger partial charge on any atom is 0.329 e. The number of hydrogen-bond donors (Lipinski definition) is 0. The maximum atomic E-state index is 12.6. The van der Waals surface area contributed by atoms with Crippen molar-refractivity contribution in [3.63, 3.8) is 0 Å². The number of aromatic nitrogens is 2. The van der Waals surface area contributed by atoms with E-state index in [4.69, 9.17) is 0 Å². The first-order valence-corrected chi connectivity index (χ1v) is 6.95. The number of nitrogens with zero attached hydrogens (tertiary/aromatic N) is 3. The minimum atomic E-state index is -0.673. The minimum Gasteiger partial charge on any atom is -0.805 e. The summed E-state index contributed by atoms with van der Waals surface area (Å²) >= 11 is 0. The third-order valence-electron chi connectivity index (χ3n) is 3.73. The number of carbonyl (C=O) groups is 1. The second kappa shape index (κ2) is 5.58. The first-order valence-electron chi connectivity index (χ1n) is 6.95. The number of ketones is 1. The molecule has 0 aliphatic rings. The van der Waals surface area contributed by atoms with Crippen molar-refractivity contribution in [2.45, 2.75) is 6.92 Å². The lowest BCUT2D eigenvalue weighted by atomic mass is 10.1. The van der Waals surface area contributed by atoms with Crippen molar-refractivity contribution in [1.82, 2.24) is 4.73 Å². The van der Waals surface area contributed by atoms with Crippen LogP contribution in [0.25, 0.3) is 11.0 Å². The van der Waals surface area contributed by atoms with E-state index in [1.54, 1.807) is 12.1 Å². The largest absolute Gasteiger partial charge is 0.805 e. The van der Waals surface area contributed by atoms with Crippen LogP contribution >= 0.6 is 0 Å². The molecule has 1 heterocycles. The Morgan fingerprint density at radius 3 is 2.38 bits per heavy atom. The molecule has 0 saturated heterocycles. The Labute approximate surface area is 134 Å². The van der Waals surface area contributed by atoms with Crippen LogP contribution in [0.2, 0.25) is 0 Å². The van der Waals surface area contributed by atoms with Gasteiger partial charge in [0.05, 0.1) is 15.0 Å². The number of benzene rings is 2. The molecule has 0 fully saturated rings. The van der Waals surface area contributed by atoms with Crippen LogP contribution in [0.1, 0.15) is 21.7 Å². The Bertz CT molecular complexity index is 1040. The van der Waals surface area contributed by atoms with Crippen LogP contribution in [-0.2, 0) is 0 Å². The van der Waals surface area contributed by atoms with Crippen molar-refractivity contribution < 1.29 is 14.1 Å². The molecule has 1 aromatic heterocycles. The maximum absolute atomic E-state index is 12.6. The molecule has 0 N–H and O–H groups in total. The summed E-state index contributed by atoms with van der Waals surface area (Å²) in [5.41, 5.74) is -0.197. The van der Waals surface area contributed by atoms with Crippen LogP contribution in [-0.4, -0.2) is 15.4 Å². The lowest BCUT2D eigenvalue weighted by molar-refractivity contribution is -0.468. The van der Waals surface area contributed by atoms with Crippen molar-refractivity contribution in [2.24, 2.45) is 0 Å². The quantitative estimate of drug-likeness (QED) is 0.317. The second-order valence-corrected chi connectivity index (χ2v) is 5.14. The zero-order valence-electron chi connectivity index (χ0n) is 12.5. The van der Waals surface area contributed by atoms with E-state index in [2.05, 4.69) is 0 Å². The smallest absolute Gasteiger partial charge is 0.329 e.